The molecule has 1 aromatic heterocycles. The molecule has 24 heavy (non-hydrogen) atoms. The number of aromatic nitrogens is 2. The lowest BCUT2D eigenvalue weighted by molar-refractivity contribution is -0.123. The van der Waals surface area contributed by atoms with Crippen molar-refractivity contribution >= 4 is 5.91 Å². The van der Waals surface area contributed by atoms with Crippen LogP contribution in [-0.4, -0.2) is 21.2 Å². The van der Waals surface area contributed by atoms with E-state index in [0.29, 0.717) is 0 Å². The van der Waals surface area contributed by atoms with Crippen LogP contribution in [0.3, 0.4) is 0 Å². The SMILES string of the molecule is Cc1ccccc1CC(C)(C)NC(=O)C(C)c1c(C)nn(C)c1C. The molecule has 1 heterocycles. The first-order chi connectivity index (χ1) is 11.1. The summed E-state index contributed by atoms with van der Waals surface area (Å²) in [5.41, 5.74) is 5.22. The molecule has 0 aliphatic heterocycles. The van der Waals surface area contributed by atoms with Crippen molar-refractivity contribution in [2.45, 2.75) is 59.4 Å². The molecule has 0 bridgehead atoms. The predicted molar refractivity (Wildman–Crippen MR) is 98.2 cm³/mol. The lowest BCUT2D eigenvalue weighted by Crippen LogP contribution is -2.46. The molecule has 130 valence electrons. The van der Waals surface area contributed by atoms with Crippen molar-refractivity contribution in [1.29, 1.82) is 0 Å². The molecule has 0 fully saturated rings. The number of nitrogens with one attached hydrogen (secondary N) is 1. The average Bonchev–Trinajstić information content (AvgIpc) is 2.73. The van der Waals surface area contributed by atoms with Gasteiger partial charge in [0.2, 0.25) is 5.91 Å². The van der Waals surface area contributed by atoms with Crippen LogP contribution < -0.4 is 5.32 Å². The van der Waals surface area contributed by atoms with E-state index < -0.39 is 0 Å². The van der Waals surface area contributed by atoms with E-state index >= 15 is 0 Å². The summed E-state index contributed by atoms with van der Waals surface area (Å²) >= 11 is 0. The molecule has 0 saturated heterocycles. The second-order valence-corrected chi connectivity index (χ2v) is 7.41. The molecule has 2 rings (SSSR count). The van der Waals surface area contributed by atoms with Crippen molar-refractivity contribution in [3.8, 4) is 0 Å². The highest BCUT2D eigenvalue weighted by Crippen LogP contribution is 2.24. The van der Waals surface area contributed by atoms with Gasteiger partial charge in [0.15, 0.2) is 0 Å². The van der Waals surface area contributed by atoms with Gasteiger partial charge in [-0.05, 0) is 59.1 Å². The summed E-state index contributed by atoms with van der Waals surface area (Å²) in [6.07, 6.45) is 0.809. The lowest BCUT2D eigenvalue weighted by atomic mass is 9.90. The molecule has 1 aromatic carbocycles. The van der Waals surface area contributed by atoms with Gasteiger partial charge in [0.25, 0.3) is 0 Å². The lowest BCUT2D eigenvalue weighted by Gasteiger charge is -2.29. The van der Waals surface area contributed by atoms with E-state index in [4.69, 9.17) is 0 Å². The molecule has 1 atom stereocenters. The molecule has 0 saturated carbocycles. The van der Waals surface area contributed by atoms with Gasteiger partial charge in [-0.1, -0.05) is 24.3 Å². The van der Waals surface area contributed by atoms with Crippen LogP contribution in [0.4, 0.5) is 0 Å². The highest BCUT2D eigenvalue weighted by Gasteiger charge is 2.28. The Kier molecular flexibility index (Phi) is 5.16. The minimum Gasteiger partial charge on any atom is -0.350 e. The molecule has 2 aromatic rings. The standard InChI is InChI=1S/C20H29N3O/c1-13-10-8-9-11-17(13)12-20(5,6)21-19(24)14(2)18-15(3)22-23(7)16(18)4/h8-11,14H,12H2,1-7H3,(H,21,24). The Morgan fingerprint density at radius 3 is 2.42 bits per heavy atom. The zero-order chi connectivity index (χ0) is 18.1. The van der Waals surface area contributed by atoms with E-state index in [1.807, 2.05) is 44.6 Å². The summed E-state index contributed by atoms with van der Waals surface area (Å²) in [5, 5.41) is 7.64. The van der Waals surface area contributed by atoms with Gasteiger partial charge in [0.05, 0.1) is 11.6 Å². The maximum absolute atomic E-state index is 12.8. The number of rotatable bonds is 5. The number of hydrogen-bond acceptors (Lipinski definition) is 2. The van der Waals surface area contributed by atoms with Crippen LogP contribution in [0.5, 0.6) is 0 Å². The van der Waals surface area contributed by atoms with Gasteiger partial charge < -0.3 is 5.32 Å². The highest BCUT2D eigenvalue weighted by molar-refractivity contribution is 5.84. The molecule has 0 spiro atoms. The summed E-state index contributed by atoms with van der Waals surface area (Å²) in [5.74, 6) is -0.164. The third kappa shape index (κ3) is 3.86. The summed E-state index contributed by atoms with van der Waals surface area (Å²) in [4.78, 5) is 12.8. The maximum Gasteiger partial charge on any atom is 0.227 e. The van der Waals surface area contributed by atoms with Gasteiger partial charge in [0.1, 0.15) is 0 Å². The second kappa shape index (κ2) is 6.80. The zero-order valence-corrected chi connectivity index (χ0v) is 15.9. The van der Waals surface area contributed by atoms with Crippen LogP contribution in [0.25, 0.3) is 0 Å². The summed E-state index contributed by atoms with van der Waals surface area (Å²) < 4.78 is 1.84. The van der Waals surface area contributed by atoms with Gasteiger partial charge >= 0.3 is 0 Å². The molecule has 1 N–H and O–H groups in total. The van der Waals surface area contributed by atoms with Gasteiger partial charge in [-0.2, -0.15) is 5.10 Å². The van der Waals surface area contributed by atoms with Gasteiger partial charge in [-0.25, -0.2) is 0 Å². The molecule has 1 unspecified atom stereocenters. The van der Waals surface area contributed by atoms with Crippen molar-refractivity contribution in [3.63, 3.8) is 0 Å². The Balaban J connectivity index is 2.14. The van der Waals surface area contributed by atoms with E-state index in [1.54, 1.807) is 0 Å². The first-order valence-corrected chi connectivity index (χ1v) is 8.49. The molecule has 0 aliphatic rings. The van der Waals surface area contributed by atoms with Crippen molar-refractivity contribution in [3.05, 3.63) is 52.3 Å². The third-order valence-corrected chi connectivity index (χ3v) is 4.75. The summed E-state index contributed by atoms with van der Waals surface area (Å²) in [6.45, 7) is 12.2. The first-order valence-electron chi connectivity index (χ1n) is 8.49. The molecule has 0 radical (unpaired) electrons. The predicted octanol–water partition coefficient (Wildman–Crippen LogP) is 3.59. The number of carbonyl (C=O) groups excluding carboxylic acids is 1. The smallest absolute Gasteiger partial charge is 0.227 e. The molecular weight excluding hydrogens is 298 g/mol. The molecule has 1 amide bonds. The molecule has 4 heteroatoms. The number of amides is 1. The maximum atomic E-state index is 12.8. The number of hydrogen-bond donors (Lipinski definition) is 1. The van der Waals surface area contributed by atoms with E-state index in [9.17, 15) is 4.79 Å². The Labute approximate surface area is 145 Å². The highest BCUT2D eigenvalue weighted by atomic mass is 16.2. The minimum atomic E-state index is -0.304. The Bertz CT molecular complexity index is 743. The quantitative estimate of drug-likeness (QED) is 0.912. The largest absolute Gasteiger partial charge is 0.350 e. The Hall–Kier alpha value is -2.10. The van der Waals surface area contributed by atoms with Crippen LogP contribution in [-0.2, 0) is 18.3 Å². The van der Waals surface area contributed by atoms with Gasteiger partial charge in [-0.15, -0.1) is 0 Å². The van der Waals surface area contributed by atoms with Crippen LogP contribution >= 0.6 is 0 Å². The fraction of sp³-hybridized carbons (Fsp3) is 0.500. The molecule has 4 nitrogen and oxygen atoms in total. The van der Waals surface area contributed by atoms with Crippen LogP contribution in [0.2, 0.25) is 0 Å². The fourth-order valence-electron chi connectivity index (χ4n) is 3.32. The van der Waals surface area contributed by atoms with Crippen LogP contribution in [0, 0.1) is 20.8 Å². The monoisotopic (exact) mass is 327 g/mol. The topological polar surface area (TPSA) is 46.9 Å². The second-order valence-electron chi connectivity index (χ2n) is 7.41. The van der Waals surface area contributed by atoms with Crippen molar-refractivity contribution in [1.82, 2.24) is 15.1 Å². The van der Waals surface area contributed by atoms with E-state index in [2.05, 4.69) is 43.3 Å². The third-order valence-electron chi connectivity index (χ3n) is 4.75. The first kappa shape index (κ1) is 18.2. The number of nitrogens with zero attached hydrogens (tertiary/aromatic N) is 2. The van der Waals surface area contributed by atoms with Crippen LogP contribution in [0.1, 0.15) is 54.8 Å². The van der Waals surface area contributed by atoms with Crippen molar-refractivity contribution in [2.24, 2.45) is 7.05 Å². The summed E-state index contributed by atoms with van der Waals surface area (Å²) in [6, 6.07) is 8.33. The van der Waals surface area contributed by atoms with Crippen molar-refractivity contribution in [2.75, 3.05) is 0 Å². The fourth-order valence-corrected chi connectivity index (χ4v) is 3.32. The van der Waals surface area contributed by atoms with Crippen LogP contribution in [0.15, 0.2) is 24.3 Å². The molecule has 0 aliphatic carbocycles. The zero-order valence-electron chi connectivity index (χ0n) is 15.9. The van der Waals surface area contributed by atoms with E-state index in [0.717, 1.165) is 23.4 Å². The van der Waals surface area contributed by atoms with Gasteiger partial charge in [0, 0.05) is 23.8 Å². The number of benzene rings is 1. The number of carbonyl (C=O) groups is 1. The Morgan fingerprint density at radius 1 is 1.25 bits per heavy atom. The van der Waals surface area contributed by atoms with E-state index in [-0.39, 0.29) is 17.4 Å². The Morgan fingerprint density at radius 2 is 1.88 bits per heavy atom. The average molecular weight is 327 g/mol. The summed E-state index contributed by atoms with van der Waals surface area (Å²) in [7, 11) is 1.92. The number of aryl methyl sites for hydroxylation is 3. The van der Waals surface area contributed by atoms with Crippen molar-refractivity contribution < 1.29 is 4.79 Å². The minimum absolute atomic E-state index is 0.0489. The van der Waals surface area contributed by atoms with E-state index in [1.165, 1.54) is 11.1 Å². The molecular formula is C20H29N3O. The van der Waals surface area contributed by atoms with Gasteiger partial charge in [-0.3, -0.25) is 9.48 Å². The normalized spacial score (nSPS) is 13.0.